The zero-order chi connectivity index (χ0) is 14.2. The molecule has 1 heterocycles. The molecule has 1 aromatic rings. The zero-order valence-corrected chi connectivity index (χ0v) is 11.5. The molecule has 19 heavy (non-hydrogen) atoms. The van der Waals surface area contributed by atoms with E-state index in [4.69, 9.17) is 0 Å². The molecule has 0 aromatic heterocycles. The van der Waals surface area contributed by atoms with Crippen molar-refractivity contribution in [3.8, 4) is 0 Å². The van der Waals surface area contributed by atoms with Crippen molar-refractivity contribution in [2.24, 2.45) is 0 Å². The van der Waals surface area contributed by atoms with Crippen LogP contribution in [-0.2, 0) is 14.8 Å². The summed E-state index contributed by atoms with van der Waals surface area (Å²) < 4.78 is 30.4. The van der Waals surface area contributed by atoms with E-state index in [-0.39, 0.29) is 23.5 Å². The Balaban J connectivity index is 2.41. The largest absolute Gasteiger partial charge is 0.465 e. The number of aliphatic hydroxyl groups is 1. The summed E-state index contributed by atoms with van der Waals surface area (Å²) in [5, 5.41) is 9.20. The summed E-state index contributed by atoms with van der Waals surface area (Å²) in [4.78, 5) is 11.5. The Morgan fingerprint density at radius 3 is 2.58 bits per heavy atom. The van der Waals surface area contributed by atoms with Crippen molar-refractivity contribution in [1.29, 1.82) is 0 Å². The molecule has 1 fully saturated rings. The van der Waals surface area contributed by atoms with Gasteiger partial charge >= 0.3 is 5.97 Å². The Morgan fingerprint density at radius 2 is 2.05 bits per heavy atom. The highest BCUT2D eigenvalue weighted by atomic mass is 32.2. The summed E-state index contributed by atoms with van der Waals surface area (Å²) in [5.41, 5.74) is 0.738. The fraction of sp³-hybridized carbons (Fsp3) is 0.417. The Labute approximate surface area is 111 Å². The molecule has 1 aromatic carbocycles. The van der Waals surface area contributed by atoms with Crippen LogP contribution in [0.25, 0.3) is 0 Å². The van der Waals surface area contributed by atoms with Gasteiger partial charge in [-0.25, -0.2) is 13.2 Å². The number of ether oxygens (including phenoxy) is 1. The highest BCUT2D eigenvalue weighted by Crippen LogP contribution is 2.25. The van der Waals surface area contributed by atoms with Crippen LogP contribution in [0, 0.1) is 6.92 Å². The number of aryl methyl sites for hydroxylation is 1. The van der Waals surface area contributed by atoms with E-state index >= 15 is 0 Å². The first kappa shape index (κ1) is 14.0. The summed E-state index contributed by atoms with van der Waals surface area (Å²) in [6.07, 6.45) is -0.612. The van der Waals surface area contributed by atoms with E-state index in [2.05, 4.69) is 4.74 Å². The van der Waals surface area contributed by atoms with Crippen LogP contribution in [-0.4, -0.2) is 50.1 Å². The van der Waals surface area contributed by atoms with Crippen LogP contribution in [0.4, 0.5) is 0 Å². The van der Waals surface area contributed by atoms with E-state index in [0.717, 1.165) is 0 Å². The third-order valence-electron chi connectivity index (χ3n) is 3.06. The number of nitrogens with zero attached hydrogens (tertiary/aromatic N) is 1. The second-order valence-corrected chi connectivity index (χ2v) is 6.35. The molecule has 104 valence electrons. The highest BCUT2D eigenvalue weighted by Gasteiger charge is 2.36. The third kappa shape index (κ3) is 2.49. The molecule has 6 nitrogen and oxygen atoms in total. The topological polar surface area (TPSA) is 83.9 Å². The highest BCUT2D eigenvalue weighted by molar-refractivity contribution is 7.89. The number of carbonyl (C=O) groups excluding carboxylic acids is 1. The Morgan fingerprint density at radius 1 is 1.42 bits per heavy atom. The van der Waals surface area contributed by atoms with E-state index < -0.39 is 22.1 Å². The zero-order valence-electron chi connectivity index (χ0n) is 10.7. The second-order valence-electron chi connectivity index (χ2n) is 4.45. The molecule has 7 heteroatoms. The molecule has 2 rings (SSSR count). The fourth-order valence-corrected chi connectivity index (χ4v) is 3.64. The van der Waals surface area contributed by atoms with Gasteiger partial charge in [-0.05, 0) is 24.6 Å². The van der Waals surface area contributed by atoms with Crippen LogP contribution in [0.1, 0.15) is 15.9 Å². The van der Waals surface area contributed by atoms with Gasteiger partial charge in [0.25, 0.3) is 0 Å². The maximum absolute atomic E-state index is 12.3. The molecule has 1 aliphatic heterocycles. The number of benzene rings is 1. The van der Waals surface area contributed by atoms with E-state index in [1.54, 1.807) is 13.0 Å². The maximum atomic E-state index is 12.3. The Kier molecular flexibility index (Phi) is 3.62. The van der Waals surface area contributed by atoms with Crippen LogP contribution in [0.3, 0.4) is 0 Å². The molecule has 1 saturated heterocycles. The van der Waals surface area contributed by atoms with E-state index in [9.17, 15) is 18.3 Å². The van der Waals surface area contributed by atoms with Crippen molar-refractivity contribution in [2.75, 3.05) is 20.2 Å². The van der Waals surface area contributed by atoms with Gasteiger partial charge in [0.05, 0.1) is 23.7 Å². The number of hydrogen-bond acceptors (Lipinski definition) is 5. The lowest BCUT2D eigenvalue weighted by atomic mass is 10.1. The number of β-amino-alcohol motifs (C(OH)–C–C–N with tert-alkyl or cyclic N) is 1. The first-order valence-electron chi connectivity index (χ1n) is 5.73. The van der Waals surface area contributed by atoms with Crippen LogP contribution in [0.2, 0.25) is 0 Å². The number of aliphatic hydroxyl groups excluding tert-OH is 1. The summed E-state index contributed by atoms with van der Waals surface area (Å²) in [6.45, 7) is 1.83. The van der Waals surface area contributed by atoms with Gasteiger partial charge in [-0.15, -0.1) is 0 Å². The quantitative estimate of drug-likeness (QED) is 0.799. The maximum Gasteiger partial charge on any atom is 0.337 e. The molecule has 1 aliphatic rings. The molecule has 1 N–H and O–H groups in total. The van der Waals surface area contributed by atoms with Gasteiger partial charge in [0.2, 0.25) is 10.0 Å². The van der Waals surface area contributed by atoms with Crippen LogP contribution >= 0.6 is 0 Å². The lowest BCUT2D eigenvalue weighted by Gasteiger charge is -2.34. The molecule has 0 aliphatic carbocycles. The summed E-state index contributed by atoms with van der Waals surface area (Å²) >= 11 is 0. The first-order chi connectivity index (χ1) is 8.86. The Bertz CT molecular complexity index is 605. The molecule has 0 amide bonds. The SMILES string of the molecule is COC(=O)c1ccc(C)c(S(=O)(=O)N2CC(O)C2)c1. The van der Waals surface area contributed by atoms with Crippen LogP contribution < -0.4 is 0 Å². The van der Waals surface area contributed by atoms with Gasteiger partial charge in [-0.1, -0.05) is 6.07 Å². The van der Waals surface area contributed by atoms with Gasteiger partial charge in [-0.3, -0.25) is 0 Å². The molecule has 0 atom stereocenters. The molecule has 0 bridgehead atoms. The standard InChI is InChI=1S/C12H15NO5S/c1-8-3-4-9(12(15)18-2)5-11(8)19(16,17)13-6-10(14)7-13/h3-5,10,14H,6-7H2,1-2H3. The minimum atomic E-state index is -3.66. The van der Waals surface area contributed by atoms with E-state index in [0.29, 0.717) is 5.56 Å². The number of carbonyl (C=O) groups is 1. The predicted octanol–water partition coefficient (Wildman–Crippen LogP) is 0.147. The van der Waals surface area contributed by atoms with Crippen molar-refractivity contribution in [3.05, 3.63) is 29.3 Å². The number of sulfonamides is 1. The number of methoxy groups -OCH3 is 1. The van der Waals surface area contributed by atoms with Crippen LogP contribution in [0.15, 0.2) is 23.1 Å². The summed E-state index contributed by atoms with van der Waals surface area (Å²) in [6, 6.07) is 4.39. The minimum absolute atomic E-state index is 0.0716. The lowest BCUT2D eigenvalue weighted by Crippen LogP contribution is -2.53. The Hall–Kier alpha value is -1.44. The average molecular weight is 285 g/mol. The monoisotopic (exact) mass is 285 g/mol. The number of esters is 1. The molecule has 0 unspecified atom stereocenters. The van der Waals surface area contributed by atoms with Gasteiger partial charge < -0.3 is 9.84 Å². The van der Waals surface area contributed by atoms with E-state index in [1.807, 2.05) is 0 Å². The van der Waals surface area contributed by atoms with Gasteiger partial charge in [0.15, 0.2) is 0 Å². The summed E-state index contributed by atoms with van der Waals surface area (Å²) in [5.74, 6) is -0.583. The van der Waals surface area contributed by atoms with Crippen molar-refractivity contribution >= 4 is 16.0 Å². The molecular weight excluding hydrogens is 270 g/mol. The summed E-state index contributed by atoms with van der Waals surface area (Å²) in [7, 11) is -2.43. The normalized spacial score (nSPS) is 17.0. The van der Waals surface area contributed by atoms with Crippen molar-refractivity contribution < 1.29 is 23.1 Å². The number of rotatable bonds is 3. The van der Waals surface area contributed by atoms with Gasteiger partial charge in [0.1, 0.15) is 0 Å². The first-order valence-corrected chi connectivity index (χ1v) is 7.17. The minimum Gasteiger partial charge on any atom is -0.465 e. The average Bonchev–Trinajstić information content (AvgIpc) is 2.34. The molecule has 0 spiro atoms. The van der Waals surface area contributed by atoms with Crippen LogP contribution in [0.5, 0.6) is 0 Å². The van der Waals surface area contributed by atoms with Crippen molar-refractivity contribution in [1.82, 2.24) is 4.31 Å². The van der Waals surface area contributed by atoms with Crippen molar-refractivity contribution in [2.45, 2.75) is 17.9 Å². The lowest BCUT2D eigenvalue weighted by molar-refractivity contribution is 0.0546. The van der Waals surface area contributed by atoms with Gasteiger partial charge in [-0.2, -0.15) is 4.31 Å². The fourth-order valence-electron chi connectivity index (χ4n) is 1.87. The number of hydrogen-bond donors (Lipinski definition) is 1. The molecule has 0 saturated carbocycles. The molecular formula is C12H15NO5S. The predicted molar refractivity (Wildman–Crippen MR) is 67.3 cm³/mol. The van der Waals surface area contributed by atoms with E-state index in [1.165, 1.54) is 23.5 Å². The van der Waals surface area contributed by atoms with Crippen molar-refractivity contribution in [3.63, 3.8) is 0 Å². The van der Waals surface area contributed by atoms with Gasteiger partial charge in [0, 0.05) is 13.1 Å². The molecule has 0 radical (unpaired) electrons. The second kappa shape index (κ2) is 4.92. The third-order valence-corrected chi connectivity index (χ3v) is 5.03. The smallest absolute Gasteiger partial charge is 0.337 e.